The van der Waals surface area contributed by atoms with Crippen LogP contribution in [-0.2, 0) is 16.1 Å². The Hall–Kier alpha value is -2.41. The first-order valence-corrected chi connectivity index (χ1v) is 8.05. The average molecular weight is 330 g/mol. The number of nitrogens with zero attached hydrogens (tertiary/aromatic N) is 4. The van der Waals surface area contributed by atoms with E-state index in [-0.39, 0.29) is 18.6 Å². The molecule has 0 radical (unpaired) electrons. The van der Waals surface area contributed by atoms with Gasteiger partial charge in [0.1, 0.15) is 5.75 Å². The zero-order chi connectivity index (χ0) is 16.9. The van der Waals surface area contributed by atoms with Crippen LogP contribution < -0.4 is 4.74 Å². The van der Waals surface area contributed by atoms with Crippen LogP contribution in [0.3, 0.4) is 0 Å². The average Bonchev–Trinajstić information content (AvgIpc) is 3.09. The van der Waals surface area contributed by atoms with Crippen molar-refractivity contribution in [3.63, 3.8) is 0 Å². The van der Waals surface area contributed by atoms with Gasteiger partial charge in [0.2, 0.25) is 0 Å². The zero-order valence-corrected chi connectivity index (χ0v) is 14.0. The summed E-state index contributed by atoms with van der Waals surface area (Å²) in [6.45, 7) is 6.35. The summed E-state index contributed by atoms with van der Waals surface area (Å²) >= 11 is 0. The van der Waals surface area contributed by atoms with Crippen LogP contribution >= 0.6 is 0 Å². The molecule has 1 aliphatic heterocycles. The highest BCUT2D eigenvalue weighted by atomic mass is 16.5. The zero-order valence-electron chi connectivity index (χ0n) is 14.0. The fourth-order valence-electron chi connectivity index (χ4n) is 2.64. The quantitative estimate of drug-likeness (QED) is 0.824. The molecule has 0 spiro atoms. The maximum atomic E-state index is 12.4. The van der Waals surface area contributed by atoms with Crippen molar-refractivity contribution in [2.45, 2.75) is 26.5 Å². The second kappa shape index (κ2) is 7.44. The van der Waals surface area contributed by atoms with E-state index in [0.29, 0.717) is 26.2 Å². The normalized spacial score (nSPS) is 17.8. The topological polar surface area (TPSA) is 69.5 Å². The van der Waals surface area contributed by atoms with E-state index in [1.54, 1.807) is 22.0 Å². The summed E-state index contributed by atoms with van der Waals surface area (Å²) < 4.78 is 13.1. The Morgan fingerprint density at radius 2 is 2.25 bits per heavy atom. The van der Waals surface area contributed by atoms with Crippen molar-refractivity contribution in [1.82, 2.24) is 19.9 Å². The highest BCUT2D eigenvalue weighted by Crippen LogP contribution is 2.16. The molecule has 0 saturated carbocycles. The van der Waals surface area contributed by atoms with Gasteiger partial charge < -0.3 is 14.4 Å². The molecule has 1 aliphatic rings. The van der Waals surface area contributed by atoms with E-state index < -0.39 is 0 Å². The number of ether oxygens (including phenoxy) is 2. The molecule has 0 aliphatic carbocycles. The second-order valence-electron chi connectivity index (χ2n) is 5.99. The first kappa shape index (κ1) is 16.4. The lowest BCUT2D eigenvalue weighted by Gasteiger charge is -2.32. The number of aromatic nitrogens is 3. The van der Waals surface area contributed by atoms with Crippen LogP contribution in [0.15, 0.2) is 30.6 Å². The molecule has 1 atom stereocenters. The number of morpholine rings is 1. The molecule has 128 valence electrons. The van der Waals surface area contributed by atoms with Gasteiger partial charge in [-0.3, -0.25) is 4.79 Å². The van der Waals surface area contributed by atoms with Crippen molar-refractivity contribution in [2.75, 3.05) is 26.3 Å². The van der Waals surface area contributed by atoms with Crippen molar-refractivity contribution >= 4 is 5.91 Å². The lowest BCUT2D eigenvalue weighted by atomic mass is 10.1. The Labute approximate surface area is 141 Å². The molecule has 1 saturated heterocycles. The molecule has 1 fully saturated rings. The van der Waals surface area contributed by atoms with Gasteiger partial charge in [-0.1, -0.05) is 11.3 Å². The molecule has 2 aromatic rings. The van der Waals surface area contributed by atoms with E-state index in [1.807, 2.05) is 32.0 Å². The fraction of sp³-hybridized carbons (Fsp3) is 0.471. The third kappa shape index (κ3) is 4.11. The highest BCUT2D eigenvalue weighted by Gasteiger charge is 2.25. The minimum absolute atomic E-state index is 0.0277. The summed E-state index contributed by atoms with van der Waals surface area (Å²) in [7, 11) is 0. The third-order valence-electron chi connectivity index (χ3n) is 4.19. The molecule has 3 rings (SSSR count). The number of carbonyl (C=O) groups excluding carboxylic acids is 1. The van der Waals surface area contributed by atoms with Gasteiger partial charge in [-0.15, -0.1) is 5.10 Å². The van der Waals surface area contributed by atoms with Crippen LogP contribution in [-0.4, -0.2) is 58.2 Å². The monoisotopic (exact) mass is 330 g/mol. The Bertz CT molecular complexity index is 687. The summed E-state index contributed by atoms with van der Waals surface area (Å²) in [4.78, 5) is 14.2. The predicted molar refractivity (Wildman–Crippen MR) is 87.8 cm³/mol. The molecular formula is C17H22N4O3. The second-order valence-corrected chi connectivity index (χ2v) is 5.99. The minimum atomic E-state index is -0.0778. The van der Waals surface area contributed by atoms with Gasteiger partial charge in [0, 0.05) is 19.3 Å². The van der Waals surface area contributed by atoms with E-state index in [2.05, 4.69) is 10.3 Å². The number of carbonyl (C=O) groups is 1. The predicted octanol–water partition coefficient (Wildman–Crippen LogP) is 1.20. The summed E-state index contributed by atoms with van der Waals surface area (Å²) in [5, 5.41) is 7.70. The molecule has 1 amide bonds. The van der Waals surface area contributed by atoms with Gasteiger partial charge in [0.25, 0.3) is 5.91 Å². The minimum Gasteiger partial charge on any atom is -0.484 e. The fourth-order valence-corrected chi connectivity index (χ4v) is 2.64. The third-order valence-corrected chi connectivity index (χ3v) is 4.19. The van der Waals surface area contributed by atoms with Gasteiger partial charge in [-0.05, 0) is 37.1 Å². The summed E-state index contributed by atoms with van der Waals surface area (Å²) in [6, 6.07) is 5.84. The standard InChI is InChI=1S/C17H22N4O3/c1-13-3-4-15(9-14(13)2)24-12-17(22)20-7-8-23-16(10-20)11-21-6-5-18-19-21/h3-6,9,16H,7-8,10-12H2,1-2H3. The van der Waals surface area contributed by atoms with Gasteiger partial charge in [0.15, 0.2) is 6.61 Å². The van der Waals surface area contributed by atoms with Crippen molar-refractivity contribution in [3.05, 3.63) is 41.7 Å². The van der Waals surface area contributed by atoms with Crippen molar-refractivity contribution in [3.8, 4) is 5.75 Å². The lowest BCUT2D eigenvalue weighted by molar-refractivity contribution is -0.141. The largest absolute Gasteiger partial charge is 0.484 e. The number of hydrogen-bond donors (Lipinski definition) is 0. The highest BCUT2D eigenvalue weighted by molar-refractivity contribution is 5.77. The van der Waals surface area contributed by atoms with Crippen LogP contribution in [0.5, 0.6) is 5.75 Å². The Balaban J connectivity index is 1.51. The van der Waals surface area contributed by atoms with Crippen molar-refractivity contribution in [2.24, 2.45) is 0 Å². The maximum Gasteiger partial charge on any atom is 0.260 e. The number of rotatable bonds is 5. The molecule has 7 heteroatoms. The molecule has 0 N–H and O–H groups in total. The summed E-state index contributed by atoms with van der Waals surface area (Å²) in [5.41, 5.74) is 2.36. The van der Waals surface area contributed by atoms with E-state index in [4.69, 9.17) is 9.47 Å². The molecule has 1 unspecified atom stereocenters. The van der Waals surface area contributed by atoms with Crippen molar-refractivity contribution < 1.29 is 14.3 Å². The molecule has 2 heterocycles. The Morgan fingerprint density at radius 1 is 1.38 bits per heavy atom. The maximum absolute atomic E-state index is 12.4. The lowest BCUT2D eigenvalue weighted by Crippen LogP contribution is -2.48. The van der Waals surface area contributed by atoms with Gasteiger partial charge in [-0.2, -0.15) is 0 Å². The number of benzene rings is 1. The number of aryl methyl sites for hydroxylation is 2. The SMILES string of the molecule is Cc1ccc(OCC(=O)N2CCOC(Cn3ccnn3)C2)cc1C. The molecule has 0 bridgehead atoms. The first-order valence-electron chi connectivity index (χ1n) is 8.05. The smallest absolute Gasteiger partial charge is 0.260 e. The molecular weight excluding hydrogens is 308 g/mol. The van der Waals surface area contributed by atoms with Gasteiger partial charge in [-0.25, -0.2) is 4.68 Å². The summed E-state index contributed by atoms with van der Waals surface area (Å²) in [6.07, 6.45) is 3.34. The molecule has 1 aromatic heterocycles. The van der Waals surface area contributed by atoms with Crippen LogP contribution in [0, 0.1) is 13.8 Å². The van der Waals surface area contributed by atoms with Crippen molar-refractivity contribution in [1.29, 1.82) is 0 Å². The van der Waals surface area contributed by atoms with E-state index in [1.165, 1.54) is 5.56 Å². The molecule has 24 heavy (non-hydrogen) atoms. The Morgan fingerprint density at radius 3 is 3.00 bits per heavy atom. The summed E-state index contributed by atoms with van der Waals surface area (Å²) in [5.74, 6) is 0.694. The van der Waals surface area contributed by atoms with Crippen LogP contribution in [0.4, 0.5) is 0 Å². The van der Waals surface area contributed by atoms with Crippen LogP contribution in [0.2, 0.25) is 0 Å². The number of hydrogen-bond acceptors (Lipinski definition) is 5. The molecule has 1 aromatic carbocycles. The first-order chi connectivity index (χ1) is 11.6. The van der Waals surface area contributed by atoms with E-state index in [0.717, 1.165) is 11.3 Å². The number of amides is 1. The van der Waals surface area contributed by atoms with Gasteiger partial charge in [0.05, 0.1) is 25.5 Å². The molecule has 7 nitrogen and oxygen atoms in total. The van der Waals surface area contributed by atoms with Crippen LogP contribution in [0.1, 0.15) is 11.1 Å². The van der Waals surface area contributed by atoms with Gasteiger partial charge >= 0.3 is 0 Å². The Kier molecular flexibility index (Phi) is 5.10. The van der Waals surface area contributed by atoms with E-state index in [9.17, 15) is 4.79 Å². The van der Waals surface area contributed by atoms with E-state index >= 15 is 0 Å². The van der Waals surface area contributed by atoms with Crippen LogP contribution in [0.25, 0.3) is 0 Å².